The van der Waals surface area contributed by atoms with Gasteiger partial charge in [-0.25, -0.2) is 0 Å². The summed E-state index contributed by atoms with van der Waals surface area (Å²) in [5, 5.41) is 11.2. The number of ether oxygens (including phenoxy) is 1. The van der Waals surface area contributed by atoms with E-state index in [0.717, 1.165) is 12.0 Å². The lowest BCUT2D eigenvalue weighted by atomic mass is 9.86. The Morgan fingerprint density at radius 1 is 1.27 bits per heavy atom. The van der Waals surface area contributed by atoms with Crippen molar-refractivity contribution in [2.75, 3.05) is 13.7 Å². The van der Waals surface area contributed by atoms with Crippen molar-refractivity contribution < 1.29 is 14.6 Å². The van der Waals surface area contributed by atoms with Gasteiger partial charge in [0.25, 0.3) is 5.91 Å². The molecule has 1 amide bonds. The second-order valence-corrected chi connectivity index (χ2v) is 6.89. The average Bonchev–Trinajstić information content (AvgIpc) is 3.12. The van der Waals surface area contributed by atoms with Gasteiger partial charge in [-0.1, -0.05) is 12.1 Å². The molecule has 0 spiro atoms. The molecule has 2 N–H and O–H groups in total. The van der Waals surface area contributed by atoms with Gasteiger partial charge in [-0.15, -0.1) is 0 Å². The summed E-state index contributed by atoms with van der Waals surface area (Å²) in [7, 11) is 1.59. The number of hydrogen-bond donors (Lipinski definition) is 2. The Hall–Kier alpha value is -2.60. The maximum absolute atomic E-state index is 13.0. The number of hydrogen-bond acceptors (Lipinski definition) is 4. The zero-order valence-electron chi connectivity index (χ0n) is 15.3. The minimum absolute atomic E-state index is 0.171. The number of likely N-dealkylation sites (tertiary alicyclic amines) is 1. The number of aromatic nitrogens is 1. The number of pyridine rings is 1. The highest BCUT2D eigenvalue weighted by molar-refractivity contribution is 5.95. The molecule has 2 atom stereocenters. The maximum atomic E-state index is 13.0. The summed E-state index contributed by atoms with van der Waals surface area (Å²) >= 11 is 0. The summed E-state index contributed by atoms with van der Waals surface area (Å²) in [5.74, 6) is 0.544. The van der Waals surface area contributed by atoms with Gasteiger partial charge in [0.05, 0.1) is 18.7 Å². The molecule has 1 aromatic carbocycles. The number of benzene rings is 1. The zero-order valence-corrected chi connectivity index (χ0v) is 15.3. The number of nitrogens with one attached hydrogen (secondary N) is 1. The molecule has 1 saturated heterocycles. The third-order valence-corrected chi connectivity index (χ3v) is 5.18. The first-order chi connectivity index (χ1) is 12.3. The Morgan fingerprint density at radius 2 is 1.96 bits per heavy atom. The Morgan fingerprint density at radius 3 is 2.58 bits per heavy atom. The minimum Gasteiger partial charge on any atom is -0.497 e. The van der Waals surface area contributed by atoms with Gasteiger partial charge in [0, 0.05) is 18.3 Å². The first-order valence-corrected chi connectivity index (χ1v) is 8.72. The van der Waals surface area contributed by atoms with E-state index in [1.54, 1.807) is 44.1 Å². The fraction of sp³-hybridized carbons (Fsp3) is 0.400. The van der Waals surface area contributed by atoms with Crippen molar-refractivity contribution in [3.63, 3.8) is 0 Å². The number of nitrogens with zero attached hydrogens (tertiary/aromatic N) is 1. The van der Waals surface area contributed by atoms with Crippen molar-refractivity contribution >= 4 is 5.91 Å². The standard InChI is InChI=1S/C20H24N2O4/c1-13-16(10-11-18(23)21-13)19(24)22-12-4-5-17(22)20(2,25)14-6-8-15(26-3)9-7-14/h6-11,17,25H,4-5,12H2,1-3H3,(H,21,23)/t17-,20-/m1/s1. The lowest BCUT2D eigenvalue weighted by molar-refractivity contribution is -0.0177. The van der Waals surface area contributed by atoms with Gasteiger partial charge in [0.15, 0.2) is 0 Å². The molecule has 0 unspecified atom stereocenters. The molecule has 1 fully saturated rings. The number of rotatable bonds is 4. The van der Waals surface area contributed by atoms with Crippen LogP contribution in [0.5, 0.6) is 5.75 Å². The molecule has 2 heterocycles. The van der Waals surface area contributed by atoms with E-state index >= 15 is 0 Å². The topological polar surface area (TPSA) is 82.6 Å². The van der Waals surface area contributed by atoms with Crippen LogP contribution in [0.3, 0.4) is 0 Å². The van der Waals surface area contributed by atoms with E-state index in [2.05, 4.69) is 4.98 Å². The van der Waals surface area contributed by atoms with Crippen LogP contribution in [0.25, 0.3) is 0 Å². The van der Waals surface area contributed by atoms with Crippen LogP contribution in [0.4, 0.5) is 0 Å². The molecule has 2 aromatic rings. The molecule has 6 heteroatoms. The highest BCUT2D eigenvalue weighted by Crippen LogP contribution is 2.36. The number of methoxy groups -OCH3 is 1. The van der Waals surface area contributed by atoms with Gasteiger partial charge in [-0.3, -0.25) is 9.59 Å². The predicted octanol–water partition coefficient (Wildman–Crippen LogP) is 2.20. The quantitative estimate of drug-likeness (QED) is 0.880. The van der Waals surface area contributed by atoms with E-state index < -0.39 is 5.60 Å². The second-order valence-electron chi connectivity index (χ2n) is 6.89. The highest BCUT2D eigenvalue weighted by atomic mass is 16.5. The number of carbonyl (C=O) groups is 1. The summed E-state index contributed by atoms with van der Waals surface area (Å²) in [4.78, 5) is 28.8. The number of carbonyl (C=O) groups excluding carboxylic acids is 1. The Balaban J connectivity index is 1.90. The van der Waals surface area contributed by atoms with E-state index in [9.17, 15) is 14.7 Å². The summed E-state index contributed by atoms with van der Waals surface area (Å²) in [6.45, 7) is 4.03. The first kappa shape index (κ1) is 18.2. The molecule has 3 rings (SSSR count). The largest absolute Gasteiger partial charge is 0.497 e. The smallest absolute Gasteiger partial charge is 0.255 e. The fourth-order valence-electron chi connectivity index (χ4n) is 3.68. The van der Waals surface area contributed by atoms with Crippen molar-refractivity contribution in [1.29, 1.82) is 0 Å². The van der Waals surface area contributed by atoms with Gasteiger partial charge in [0.2, 0.25) is 5.56 Å². The molecule has 0 saturated carbocycles. The molecular weight excluding hydrogens is 332 g/mol. The van der Waals surface area contributed by atoms with Crippen LogP contribution < -0.4 is 10.3 Å². The van der Waals surface area contributed by atoms with Gasteiger partial charge in [-0.2, -0.15) is 0 Å². The number of aryl methyl sites for hydroxylation is 1. The SMILES string of the molecule is COc1ccc([C@@](C)(O)[C@H]2CCCN2C(=O)c2ccc(=O)[nH]c2C)cc1. The first-order valence-electron chi connectivity index (χ1n) is 8.72. The third-order valence-electron chi connectivity index (χ3n) is 5.18. The lowest BCUT2D eigenvalue weighted by Crippen LogP contribution is -2.48. The summed E-state index contributed by atoms with van der Waals surface area (Å²) in [5.41, 5.74) is 0.317. The molecule has 0 aliphatic carbocycles. The molecule has 1 aromatic heterocycles. The van der Waals surface area contributed by atoms with Crippen molar-refractivity contribution in [3.05, 3.63) is 63.6 Å². The summed E-state index contributed by atoms with van der Waals surface area (Å²) in [6.07, 6.45) is 1.54. The number of aromatic amines is 1. The van der Waals surface area contributed by atoms with Gasteiger partial charge < -0.3 is 19.7 Å². The third kappa shape index (κ3) is 3.24. The maximum Gasteiger partial charge on any atom is 0.255 e. The summed E-state index contributed by atoms with van der Waals surface area (Å²) < 4.78 is 5.17. The van der Waals surface area contributed by atoms with E-state index in [1.165, 1.54) is 6.07 Å². The van der Waals surface area contributed by atoms with Crippen molar-refractivity contribution in [2.24, 2.45) is 0 Å². The monoisotopic (exact) mass is 356 g/mol. The van der Waals surface area contributed by atoms with Crippen LogP contribution in [0.15, 0.2) is 41.2 Å². The Kier molecular flexibility index (Phi) is 4.87. The molecule has 1 aliphatic heterocycles. The predicted molar refractivity (Wildman–Crippen MR) is 98.4 cm³/mol. The average molecular weight is 356 g/mol. The minimum atomic E-state index is -1.19. The normalized spacial score (nSPS) is 19.2. The van der Waals surface area contributed by atoms with Crippen LogP contribution in [0.2, 0.25) is 0 Å². The van der Waals surface area contributed by atoms with E-state index in [4.69, 9.17) is 4.74 Å². The lowest BCUT2D eigenvalue weighted by Gasteiger charge is -2.37. The number of amides is 1. The van der Waals surface area contributed by atoms with Gasteiger partial charge in [-0.05, 0) is 50.5 Å². The number of aliphatic hydroxyl groups is 1. The Bertz CT molecular complexity index is 855. The summed E-state index contributed by atoms with van der Waals surface area (Å²) in [6, 6.07) is 9.82. The van der Waals surface area contributed by atoms with Crippen LogP contribution in [0.1, 0.15) is 41.4 Å². The molecule has 138 valence electrons. The number of H-pyrrole nitrogens is 1. The zero-order chi connectivity index (χ0) is 18.9. The molecule has 0 radical (unpaired) electrons. The molecule has 26 heavy (non-hydrogen) atoms. The molecule has 6 nitrogen and oxygen atoms in total. The van der Waals surface area contributed by atoms with Gasteiger partial charge >= 0.3 is 0 Å². The van der Waals surface area contributed by atoms with Crippen LogP contribution in [0, 0.1) is 6.92 Å². The van der Waals surface area contributed by atoms with E-state index in [-0.39, 0.29) is 17.5 Å². The van der Waals surface area contributed by atoms with Crippen molar-refractivity contribution in [1.82, 2.24) is 9.88 Å². The van der Waals surface area contributed by atoms with Crippen molar-refractivity contribution in [2.45, 2.75) is 38.3 Å². The Labute approximate surface area is 152 Å². The van der Waals surface area contributed by atoms with Crippen LogP contribution in [-0.4, -0.2) is 40.6 Å². The fourth-order valence-corrected chi connectivity index (χ4v) is 3.68. The molecule has 0 bridgehead atoms. The van der Waals surface area contributed by atoms with Gasteiger partial charge in [0.1, 0.15) is 11.4 Å². The molecule has 1 aliphatic rings. The van der Waals surface area contributed by atoms with Crippen molar-refractivity contribution in [3.8, 4) is 5.75 Å². The van der Waals surface area contributed by atoms with Crippen LogP contribution in [-0.2, 0) is 5.60 Å². The van der Waals surface area contributed by atoms with Crippen LogP contribution >= 0.6 is 0 Å². The highest BCUT2D eigenvalue weighted by Gasteiger charge is 2.43. The molecular formula is C20H24N2O4. The van der Waals surface area contributed by atoms with E-state index in [1.807, 2.05) is 12.1 Å². The van der Waals surface area contributed by atoms with E-state index in [0.29, 0.717) is 30.0 Å². The second kappa shape index (κ2) is 6.96.